The van der Waals surface area contributed by atoms with Crippen molar-refractivity contribution in [1.82, 2.24) is 15.2 Å². The minimum Gasteiger partial charge on any atom is -0.351 e. The Hall–Kier alpha value is -2.84. The maximum absolute atomic E-state index is 12.5. The van der Waals surface area contributed by atoms with Crippen LogP contribution in [0.1, 0.15) is 11.4 Å². The molecule has 3 N–H and O–H groups in total. The third-order valence-electron chi connectivity index (χ3n) is 2.81. The molecule has 21 heavy (non-hydrogen) atoms. The standard InChI is InChI=1S/C12H8F3N5O/c13-12(14,15)8-2-1-6(18-8)5-7-9(19-20-11(7)21)10-16-3-4-17-10/h1-5,18-19H,(H,20,21)/b7-5-. The molecule has 0 fully saturated rings. The van der Waals surface area contributed by atoms with Gasteiger partial charge in [-0.05, 0) is 18.2 Å². The summed E-state index contributed by atoms with van der Waals surface area (Å²) in [6, 6.07) is 2.15. The second kappa shape index (κ2) is 4.62. The third-order valence-corrected chi connectivity index (χ3v) is 2.81. The van der Waals surface area contributed by atoms with Gasteiger partial charge in [0.25, 0.3) is 5.56 Å². The van der Waals surface area contributed by atoms with E-state index in [1.807, 2.05) is 0 Å². The summed E-state index contributed by atoms with van der Waals surface area (Å²) in [5.74, 6) is 0.280. The van der Waals surface area contributed by atoms with Gasteiger partial charge in [0.1, 0.15) is 11.0 Å². The van der Waals surface area contributed by atoms with Crippen molar-refractivity contribution in [3.63, 3.8) is 0 Å². The molecule has 0 saturated carbocycles. The first-order valence-corrected chi connectivity index (χ1v) is 5.81. The summed E-state index contributed by atoms with van der Waals surface area (Å²) in [5, 5.41) is 5.42. The van der Waals surface area contributed by atoms with E-state index in [-0.39, 0.29) is 16.7 Å². The van der Waals surface area contributed by atoms with Gasteiger partial charge in [0.05, 0.1) is 5.22 Å². The SMILES string of the molecule is O=c1[nH][nH]c(=C2N=CC=N2)/c1=C/c1ccc(C(F)(F)F)[nH]1. The highest BCUT2D eigenvalue weighted by Crippen LogP contribution is 2.28. The highest BCUT2D eigenvalue weighted by Gasteiger charge is 2.31. The zero-order valence-electron chi connectivity index (χ0n) is 10.3. The summed E-state index contributed by atoms with van der Waals surface area (Å²) in [4.78, 5) is 21.8. The number of aromatic amines is 3. The van der Waals surface area contributed by atoms with Crippen molar-refractivity contribution in [3.8, 4) is 0 Å². The largest absolute Gasteiger partial charge is 0.431 e. The minimum atomic E-state index is -4.46. The molecule has 0 aromatic carbocycles. The van der Waals surface area contributed by atoms with E-state index in [0.717, 1.165) is 6.07 Å². The number of aliphatic imine (C=N–C) groups is 2. The molecule has 0 radical (unpaired) electrons. The summed E-state index contributed by atoms with van der Waals surface area (Å²) < 4.78 is 37.6. The Morgan fingerprint density at radius 1 is 1.10 bits per heavy atom. The van der Waals surface area contributed by atoms with Gasteiger partial charge in [-0.15, -0.1) is 0 Å². The zero-order valence-corrected chi connectivity index (χ0v) is 10.3. The maximum atomic E-state index is 12.5. The van der Waals surface area contributed by atoms with Crippen LogP contribution in [-0.2, 0) is 6.18 Å². The number of alkyl halides is 3. The van der Waals surface area contributed by atoms with E-state index in [1.165, 1.54) is 24.6 Å². The van der Waals surface area contributed by atoms with Crippen LogP contribution >= 0.6 is 0 Å². The third kappa shape index (κ3) is 2.45. The number of rotatable bonds is 1. The van der Waals surface area contributed by atoms with Gasteiger partial charge in [0.15, 0.2) is 5.82 Å². The summed E-state index contributed by atoms with van der Waals surface area (Å²) in [7, 11) is 0. The number of aromatic nitrogens is 3. The van der Waals surface area contributed by atoms with Crippen LogP contribution in [0.4, 0.5) is 13.2 Å². The molecule has 0 unspecified atom stereocenters. The van der Waals surface area contributed by atoms with Crippen molar-refractivity contribution in [2.75, 3.05) is 0 Å². The van der Waals surface area contributed by atoms with Gasteiger partial charge in [-0.25, -0.2) is 9.98 Å². The fourth-order valence-electron chi connectivity index (χ4n) is 1.87. The van der Waals surface area contributed by atoms with Gasteiger partial charge in [0, 0.05) is 18.1 Å². The van der Waals surface area contributed by atoms with Gasteiger partial charge in [-0.2, -0.15) is 13.2 Å². The lowest BCUT2D eigenvalue weighted by atomic mass is 10.3. The molecule has 0 amide bonds. The average molecular weight is 295 g/mol. The van der Waals surface area contributed by atoms with Crippen molar-refractivity contribution in [1.29, 1.82) is 0 Å². The molecule has 9 heteroatoms. The Morgan fingerprint density at radius 3 is 2.43 bits per heavy atom. The smallest absolute Gasteiger partial charge is 0.351 e. The van der Waals surface area contributed by atoms with Crippen LogP contribution < -0.4 is 16.1 Å². The number of nitrogens with one attached hydrogen (secondary N) is 3. The Morgan fingerprint density at radius 2 is 1.81 bits per heavy atom. The van der Waals surface area contributed by atoms with Crippen molar-refractivity contribution < 1.29 is 13.2 Å². The molecule has 1 aliphatic rings. The molecule has 2 aromatic rings. The average Bonchev–Trinajstić information content (AvgIpc) is 3.11. The van der Waals surface area contributed by atoms with Gasteiger partial charge in [0.2, 0.25) is 0 Å². The summed E-state index contributed by atoms with van der Waals surface area (Å²) in [6.45, 7) is 0. The molecular weight excluding hydrogens is 287 g/mol. The molecule has 0 atom stereocenters. The van der Waals surface area contributed by atoms with Gasteiger partial charge in [-0.3, -0.25) is 15.0 Å². The first-order valence-electron chi connectivity index (χ1n) is 5.81. The Balaban J connectivity index is 2.18. The molecule has 2 aromatic heterocycles. The molecule has 3 rings (SSSR count). The van der Waals surface area contributed by atoms with E-state index in [2.05, 4.69) is 25.2 Å². The van der Waals surface area contributed by atoms with Crippen LogP contribution in [-0.4, -0.2) is 27.6 Å². The summed E-state index contributed by atoms with van der Waals surface area (Å²) in [5.41, 5.74) is -1.20. The molecule has 0 spiro atoms. The molecule has 108 valence electrons. The summed E-state index contributed by atoms with van der Waals surface area (Å²) >= 11 is 0. The van der Waals surface area contributed by atoms with E-state index in [1.54, 1.807) is 0 Å². The highest BCUT2D eigenvalue weighted by molar-refractivity contribution is 6.20. The number of hydrogen-bond acceptors (Lipinski definition) is 3. The molecule has 1 aliphatic heterocycles. The lowest BCUT2D eigenvalue weighted by Crippen LogP contribution is -2.34. The Bertz CT molecular complexity index is 896. The van der Waals surface area contributed by atoms with Crippen molar-refractivity contribution in [2.45, 2.75) is 6.18 Å². The lowest BCUT2D eigenvalue weighted by Gasteiger charge is -2.01. The monoisotopic (exact) mass is 295 g/mol. The number of nitrogens with zero attached hydrogens (tertiary/aromatic N) is 2. The fraction of sp³-hybridized carbons (Fsp3) is 0.0833. The predicted molar refractivity (Wildman–Crippen MR) is 70.4 cm³/mol. The van der Waals surface area contributed by atoms with Crippen molar-refractivity contribution in [3.05, 3.63) is 44.4 Å². The van der Waals surface area contributed by atoms with Crippen LogP contribution in [0.15, 0.2) is 26.9 Å². The summed E-state index contributed by atoms with van der Waals surface area (Å²) in [6.07, 6.45) is -0.272. The van der Waals surface area contributed by atoms with Crippen molar-refractivity contribution in [2.24, 2.45) is 9.98 Å². The van der Waals surface area contributed by atoms with E-state index in [9.17, 15) is 18.0 Å². The molecular formula is C12H8F3N5O. The lowest BCUT2D eigenvalue weighted by molar-refractivity contribution is -0.140. The van der Waals surface area contributed by atoms with E-state index >= 15 is 0 Å². The first-order chi connectivity index (χ1) is 9.95. The number of hydrogen-bond donors (Lipinski definition) is 3. The molecule has 0 aliphatic carbocycles. The van der Waals surface area contributed by atoms with Crippen molar-refractivity contribution >= 4 is 24.3 Å². The fourth-order valence-corrected chi connectivity index (χ4v) is 1.87. The quantitative estimate of drug-likeness (QED) is 0.684. The topological polar surface area (TPSA) is 89.2 Å². The first kappa shape index (κ1) is 13.2. The van der Waals surface area contributed by atoms with E-state index < -0.39 is 17.4 Å². The minimum absolute atomic E-state index is 0.150. The van der Waals surface area contributed by atoms with E-state index in [4.69, 9.17) is 0 Å². The van der Waals surface area contributed by atoms with Gasteiger partial charge >= 0.3 is 6.18 Å². The molecule has 3 heterocycles. The zero-order chi connectivity index (χ0) is 15.0. The Labute approximate surface area is 114 Å². The molecule has 0 saturated heterocycles. The van der Waals surface area contributed by atoms with Crippen LogP contribution in [0, 0.1) is 0 Å². The highest BCUT2D eigenvalue weighted by atomic mass is 19.4. The Kier molecular flexibility index (Phi) is 2.89. The van der Waals surface area contributed by atoms with Crippen LogP contribution in [0.2, 0.25) is 0 Å². The molecule has 6 nitrogen and oxygen atoms in total. The van der Waals surface area contributed by atoms with Gasteiger partial charge in [-0.1, -0.05) is 0 Å². The van der Waals surface area contributed by atoms with Crippen LogP contribution in [0.25, 0.3) is 11.9 Å². The van der Waals surface area contributed by atoms with E-state index in [0.29, 0.717) is 5.35 Å². The van der Waals surface area contributed by atoms with Crippen LogP contribution in [0.5, 0.6) is 0 Å². The van der Waals surface area contributed by atoms with Crippen LogP contribution in [0.3, 0.4) is 0 Å². The number of H-pyrrole nitrogens is 3. The second-order valence-corrected chi connectivity index (χ2v) is 4.22. The normalized spacial score (nSPS) is 15.4. The second-order valence-electron chi connectivity index (χ2n) is 4.22. The maximum Gasteiger partial charge on any atom is 0.431 e. The predicted octanol–water partition coefficient (Wildman–Crippen LogP) is 0.0996. The number of halogens is 3. The van der Waals surface area contributed by atoms with Gasteiger partial charge < -0.3 is 4.98 Å². The molecule has 0 bridgehead atoms.